The van der Waals surface area contributed by atoms with Gasteiger partial charge in [-0.2, -0.15) is 11.8 Å². The quantitative estimate of drug-likeness (QED) is 0.736. The number of hydrogen-bond donors (Lipinski definition) is 2. The molecule has 5 heteroatoms. The van der Waals surface area contributed by atoms with E-state index in [0.717, 1.165) is 29.2 Å². The van der Waals surface area contributed by atoms with Crippen molar-refractivity contribution in [1.82, 2.24) is 9.88 Å². The molecule has 0 saturated heterocycles. The number of carbonyl (C=O) groups is 1. The molecule has 22 heavy (non-hydrogen) atoms. The van der Waals surface area contributed by atoms with E-state index in [1.165, 1.54) is 0 Å². The van der Waals surface area contributed by atoms with E-state index in [1.807, 2.05) is 54.1 Å². The fourth-order valence-corrected chi connectivity index (χ4v) is 3.02. The van der Waals surface area contributed by atoms with Crippen LogP contribution >= 0.6 is 11.8 Å². The van der Waals surface area contributed by atoms with Gasteiger partial charge in [-0.05, 0) is 29.9 Å². The maximum absolute atomic E-state index is 12.2. The molecule has 0 aliphatic rings. The lowest BCUT2D eigenvalue weighted by Crippen LogP contribution is -2.27. The molecule has 118 valence electrons. The molecule has 0 unspecified atom stereocenters. The number of nitrogens with zero attached hydrogens (tertiary/aromatic N) is 1. The summed E-state index contributed by atoms with van der Waals surface area (Å²) >= 11 is 1.74. The minimum absolute atomic E-state index is 0.0487. The Morgan fingerprint density at radius 1 is 1.18 bits per heavy atom. The second-order valence-corrected chi connectivity index (χ2v) is 6.20. The van der Waals surface area contributed by atoms with E-state index in [0.29, 0.717) is 12.2 Å². The highest BCUT2D eigenvalue weighted by Gasteiger charge is 2.12. The van der Waals surface area contributed by atoms with Crippen molar-refractivity contribution >= 4 is 17.7 Å². The summed E-state index contributed by atoms with van der Waals surface area (Å²) in [4.78, 5) is 12.2. The van der Waals surface area contributed by atoms with Crippen molar-refractivity contribution in [3.8, 4) is 11.3 Å². The van der Waals surface area contributed by atoms with Crippen molar-refractivity contribution in [3.63, 3.8) is 0 Å². The zero-order valence-electron chi connectivity index (χ0n) is 12.8. The summed E-state index contributed by atoms with van der Waals surface area (Å²) in [5, 5.41) is 11.6. The highest BCUT2D eigenvalue weighted by molar-refractivity contribution is 7.99. The molecule has 1 aromatic carbocycles. The van der Waals surface area contributed by atoms with Crippen LogP contribution in [0.25, 0.3) is 11.3 Å². The molecule has 0 fully saturated rings. The summed E-state index contributed by atoms with van der Waals surface area (Å²) in [5.41, 5.74) is 2.80. The first-order valence-electron chi connectivity index (χ1n) is 7.42. The summed E-state index contributed by atoms with van der Waals surface area (Å²) in [7, 11) is 1.91. The van der Waals surface area contributed by atoms with Crippen molar-refractivity contribution in [1.29, 1.82) is 0 Å². The normalized spacial score (nSPS) is 10.6. The van der Waals surface area contributed by atoms with Crippen LogP contribution in [0.15, 0.2) is 42.5 Å². The minimum atomic E-state index is -0.0487. The molecule has 1 amide bonds. The predicted octanol–water partition coefficient (Wildman–Crippen LogP) is 2.54. The lowest BCUT2D eigenvalue weighted by atomic mass is 10.2. The van der Waals surface area contributed by atoms with Gasteiger partial charge in [0.15, 0.2) is 0 Å². The Kier molecular flexibility index (Phi) is 6.55. The molecule has 0 bridgehead atoms. The number of hydrogen-bond acceptors (Lipinski definition) is 3. The van der Waals surface area contributed by atoms with Gasteiger partial charge in [0.25, 0.3) is 5.91 Å². The molecule has 2 aromatic rings. The number of aliphatic hydroxyl groups is 1. The molecule has 0 atom stereocenters. The first kappa shape index (κ1) is 16.6. The number of rotatable bonds is 8. The monoisotopic (exact) mass is 318 g/mol. The Bertz CT molecular complexity index is 596. The maximum Gasteiger partial charge on any atom is 0.267 e. The zero-order chi connectivity index (χ0) is 15.8. The highest BCUT2D eigenvalue weighted by atomic mass is 32.2. The number of aliphatic hydroxyl groups excluding tert-OH is 1. The SMILES string of the molecule is Cn1c(C(=O)NCCSCCCO)ccc1-c1ccccc1. The minimum Gasteiger partial charge on any atom is -0.396 e. The molecule has 0 aliphatic carbocycles. The van der Waals surface area contributed by atoms with E-state index >= 15 is 0 Å². The number of benzene rings is 1. The molecule has 2 rings (SSSR count). The molecule has 0 spiro atoms. The fraction of sp³-hybridized carbons (Fsp3) is 0.353. The number of carbonyl (C=O) groups excluding carboxylic acids is 1. The van der Waals surface area contributed by atoms with E-state index in [2.05, 4.69) is 5.32 Å². The third-order valence-corrected chi connectivity index (χ3v) is 4.47. The number of aromatic nitrogens is 1. The van der Waals surface area contributed by atoms with Gasteiger partial charge < -0.3 is 15.0 Å². The first-order chi connectivity index (χ1) is 10.7. The Labute approximate surface area is 135 Å². The molecular formula is C17H22N2O2S. The predicted molar refractivity (Wildman–Crippen MR) is 92.2 cm³/mol. The molecule has 4 nitrogen and oxygen atoms in total. The maximum atomic E-state index is 12.2. The molecule has 1 heterocycles. The van der Waals surface area contributed by atoms with Gasteiger partial charge in [-0.25, -0.2) is 0 Å². The van der Waals surface area contributed by atoms with Crippen molar-refractivity contribution in [2.75, 3.05) is 24.7 Å². The largest absolute Gasteiger partial charge is 0.396 e. The second-order valence-electron chi connectivity index (χ2n) is 4.97. The van der Waals surface area contributed by atoms with Gasteiger partial charge >= 0.3 is 0 Å². The summed E-state index contributed by atoms with van der Waals surface area (Å²) in [6.45, 7) is 0.867. The van der Waals surface area contributed by atoms with Crippen LogP contribution in [0.3, 0.4) is 0 Å². The summed E-state index contributed by atoms with van der Waals surface area (Å²) in [6, 6.07) is 13.9. The summed E-state index contributed by atoms with van der Waals surface area (Å²) in [5.74, 6) is 1.74. The van der Waals surface area contributed by atoms with Gasteiger partial charge in [0, 0.05) is 31.6 Å². The van der Waals surface area contributed by atoms with Gasteiger partial charge in [0.1, 0.15) is 5.69 Å². The number of thioether (sulfide) groups is 1. The summed E-state index contributed by atoms with van der Waals surface area (Å²) in [6.07, 6.45) is 0.802. The van der Waals surface area contributed by atoms with Crippen molar-refractivity contribution in [3.05, 3.63) is 48.2 Å². The van der Waals surface area contributed by atoms with Crippen molar-refractivity contribution in [2.45, 2.75) is 6.42 Å². The van der Waals surface area contributed by atoms with Gasteiger partial charge in [0.05, 0.1) is 0 Å². The average molecular weight is 318 g/mol. The third-order valence-electron chi connectivity index (χ3n) is 3.40. The number of nitrogens with one attached hydrogen (secondary N) is 1. The van der Waals surface area contributed by atoms with Gasteiger partial charge in [-0.3, -0.25) is 4.79 Å². The molecule has 1 aromatic heterocycles. The van der Waals surface area contributed by atoms with Crippen LogP contribution in [-0.2, 0) is 7.05 Å². The average Bonchev–Trinajstić information content (AvgIpc) is 2.93. The standard InChI is InChI=1S/C17H22N2O2S/c1-19-15(14-6-3-2-4-7-14)8-9-16(19)17(21)18-10-13-22-12-5-11-20/h2-4,6-9,20H,5,10-13H2,1H3,(H,18,21). The molecule has 0 saturated carbocycles. The van der Waals surface area contributed by atoms with Crippen LogP contribution in [-0.4, -0.2) is 40.2 Å². The molecule has 0 aliphatic heterocycles. The lowest BCUT2D eigenvalue weighted by molar-refractivity contribution is 0.0948. The van der Waals surface area contributed by atoms with Crippen LogP contribution in [0.2, 0.25) is 0 Å². The van der Waals surface area contributed by atoms with Crippen LogP contribution in [0.4, 0.5) is 0 Å². The highest BCUT2D eigenvalue weighted by Crippen LogP contribution is 2.21. The van der Waals surface area contributed by atoms with Crippen LogP contribution in [0.5, 0.6) is 0 Å². The Balaban J connectivity index is 1.90. The van der Waals surface area contributed by atoms with E-state index in [4.69, 9.17) is 5.11 Å². The molecule has 0 radical (unpaired) electrons. The van der Waals surface area contributed by atoms with E-state index < -0.39 is 0 Å². The smallest absolute Gasteiger partial charge is 0.267 e. The van der Waals surface area contributed by atoms with Crippen molar-refractivity contribution in [2.24, 2.45) is 7.05 Å². The first-order valence-corrected chi connectivity index (χ1v) is 8.57. The third kappa shape index (κ3) is 4.39. The van der Waals surface area contributed by atoms with Gasteiger partial charge in [0.2, 0.25) is 0 Å². The zero-order valence-corrected chi connectivity index (χ0v) is 13.6. The second kappa shape index (κ2) is 8.66. The van der Waals surface area contributed by atoms with Crippen LogP contribution < -0.4 is 5.32 Å². The van der Waals surface area contributed by atoms with Gasteiger partial charge in [-0.15, -0.1) is 0 Å². The van der Waals surface area contributed by atoms with E-state index in [-0.39, 0.29) is 12.5 Å². The van der Waals surface area contributed by atoms with E-state index in [9.17, 15) is 4.79 Å². The van der Waals surface area contributed by atoms with E-state index in [1.54, 1.807) is 11.8 Å². The fourth-order valence-electron chi connectivity index (χ4n) is 2.23. The number of amides is 1. The molecule has 2 N–H and O–H groups in total. The van der Waals surface area contributed by atoms with Crippen LogP contribution in [0.1, 0.15) is 16.9 Å². The van der Waals surface area contributed by atoms with Crippen molar-refractivity contribution < 1.29 is 9.90 Å². The Morgan fingerprint density at radius 3 is 2.68 bits per heavy atom. The Hall–Kier alpha value is -1.72. The topological polar surface area (TPSA) is 54.3 Å². The van der Waals surface area contributed by atoms with Gasteiger partial charge in [-0.1, -0.05) is 30.3 Å². The Morgan fingerprint density at radius 2 is 1.95 bits per heavy atom. The lowest BCUT2D eigenvalue weighted by Gasteiger charge is -2.09. The summed E-state index contributed by atoms with van der Waals surface area (Å²) < 4.78 is 1.92. The van der Waals surface area contributed by atoms with Crippen LogP contribution in [0, 0.1) is 0 Å². The molecular weight excluding hydrogens is 296 g/mol.